The highest BCUT2D eigenvalue weighted by atomic mass is 79.9. The van der Waals surface area contributed by atoms with Gasteiger partial charge in [-0.05, 0) is 41.1 Å². The summed E-state index contributed by atoms with van der Waals surface area (Å²) in [4.78, 5) is 7.89. The van der Waals surface area contributed by atoms with E-state index in [4.69, 9.17) is 27.9 Å². The van der Waals surface area contributed by atoms with Crippen LogP contribution in [0.4, 0.5) is 0 Å². The number of benzene rings is 1. The summed E-state index contributed by atoms with van der Waals surface area (Å²) in [6.07, 6.45) is 1.36. The highest BCUT2D eigenvalue weighted by Gasteiger charge is 2.09. The molecule has 0 bridgehead atoms. The second kappa shape index (κ2) is 5.21. The van der Waals surface area contributed by atoms with Crippen molar-refractivity contribution in [2.75, 3.05) is 0 Å². The molecule has 0 aliphatic heterocycles. The van der Waals surface area contributed by atoms with Gasteiger partial charge < -0.3 is 4.74 Å². The zero-order chi connectivity index (χ0) is 12.4. The van der Waals surface area contributed by atoms with Crippen LogP contribution in [0.1, 0.15) is 5.56 Å². The third-order valence-corrected chi connectivity index (χ3v) is 3.31. The first-order chi connectivity index (χ1) is 8.08. The predicted octanol–water partition coefficient (Wildman–Crippen LogP) is 4.65. The van der Waals surface area contributed by atoms with E-state index in [2.05, 4.69) is 25.9 Å². The molecular formula is C11H7BrCl2N2O. The van der Waals surface area contributed by atoms with Gasteiger partial charge in [0.15, 0.2) is 0 Å². The molecule has 17 heavy (non-hydrogen) atoms. The standard InChI is InChI=1S/C11H7BrCl2N2O/c1-6-10(14)15-5-16-11(6)17-9-3-2-7(13)4-8(9)12/h2-5H,1H3. The van der Waals surface area contributed by atoms with Crippen LogP contribution in [0.5, 0.6) is 11.6 Å². The Labute approximate surface area is 117 Å². The van der Waals surface area contributed by atoms with Gasteiger partial charge in [-0.25, -0.2) is 9.97 Å². The number of aromatic nitrogens is 2. The minimum Gasteiger partial charge on any atom is -0.437 e. The summed E-state index contributed by atoms with van der Waals surface area (Å²) < 4.78 is 6.38. The van der Waals surface area contributed by atoms with Gasteiger partial charge in [-0.2, -0.15) is 0 Å². The second-order valence-corrected chi connectivity index (χ2v) is 4.92. The topological polar surface area (TPSA) is 35.0 Å². The maximum absolute atomic E-state index is 5.88. The summed E-state index contributed by atoms with van der Waals surface area (Å²) in [5.74, 6) is 1.04. The molecule has 1 aromatic heterocycles. The van der Waals surface area contributed by atoms with Crippen LogP contribution in [0.3, 0.4) is 0 Å². The van der Waals surface area contributed by atoms with E-state index in [-0.39, 0.29) is 0 Å². The molecule has 2 rings (SSSR count). The highest BCUT2D eigenvalue weighted by Crippen LogP contribution is 2.33. The fraction of sp³-hybridized carbons (Fsp3) is 0.0909. The van der Waals surface area contributed by atoms with Crippen LogP contribution < -0.4 is 4.74 Å². The van der Waals surface area contributed by atoms with Crippen LogP contribution in [-0.2, 0) is 0 Å². The van der Waals surface area contributed by atoms with Crippen molar-refractivity contribution in [3.63, 3.8) is 0 Å². The first-order valence-corrected chi connectivity index (χ1v) is 6.23. The average molecular weight is 334 g/mol. The lowest BCUT2D eigenvalue weighted by Crippen LogP contribution is -1.94. The van der Waals surface area contributed by atoms with Gasteiger partial charge in [0.25, 0.3) is 0 Å². The molecule has 0 atom stereocenters. The van der Waals surface area contributed by atoms with E-state index in [1.165, 1.54) is 6.33 Å². The van der Waals surface area contributed by atoms with Gasteiger partial charge in [0.2, 0.25) is 5.88 Å². The summed E-state index contributed by atoms with van der Waals surface area (Å²) >= 11 is 15.1. The maximum atomic E-state index is 5.88. The minimum absolute atomic E-state index is 0.375. The molecule has 0 saturated heterocycles. The molecule has 6 heteroatoms. The number of ether oxygens (including phenoxy) is 1. The Morgan fingerprint density at radius 2 is 2.00 bits per heavy atom. The average Bonchev–Trinajstić information content (AvgIpc) is 2.28. The molecule has 0 unspecified atom stereocenters. The zero-order valence-electron chi connectivity index (χ0n) is 8.75. The van der Waals surface area contributed by atoms with Crippen molar-refractivity contribution in [3.05, 3.63) is 44.7 Å². The lowest BCUT2D eigenvalue weighted by Gasteiger charge is -2.09. The summed E-state index contributed by atoms with van der Waals surface area (Å²) in [6.45, 7) is 1.79. The van der Waals surface area contributed by atoms with Crippen molar-refractivity contribution in [1.29, 1.82) is 0 Å². The molecule has 0 spiro atoms. The lowest BCUT2D eigenvalue weighted by molar-refractivity contribution is 0.454. The molecule has 0 saturated carbocycles. The van der Waals surface area contributed by atoms with E-state index in [0.717, 1.165) is 4.47 Å². The van der Waals surface area contributed by atoms with E-state index >= 15 is 0 Å². The number of rotatable bonds is 2. The molecule has 1 heterocycles. The number of hydrogen-bond donors (Lipinski definition) is 0. The van der Waals surface area contributed by atoms with Crippen molar-refractivity contribution in [2.24, 2.45) is 0 Å². The summed E-state index contributed by atoms with van der Waals surface area (Å²) in [7, 11) is 0. The third-order valence-electron chi connectivity index (χ3n) is 2.08. The summed E-state index contributed by atoms with van der Waals surface area (Å²) in [5.41, 5.74) is 0.691. The van der Waals surface area contributed by atoms with E-state index < -0.39 is 0 Å². The largest absolute Gasteiger partial charge is 0.437 e. The van der Waals surface area contributed by atoms with Gasteiger partial charge in [0.05, 0.1) is 4.47 Å². The van der Waals surface area contributed by atoms with Gasteiger partial charge in [-0.15, -0.1) is 0 Å². The van der Waals surface area contributed by atoms with Gasteiger partial charge in [0.1, 0.15) is 17.2 Å². The zero-order valence-corrected chi connectivity index (χ0v) is 11.8. The first-order valence-electron chi connectivity index (χ1n) is 4.68. The van der Waals surface area contributed by atoms with Crippen LogP contribution in [0.2, 0.25) is 10.2 Å². The van der Waals surface area contributed by atoms with Crippen LogP contribution >= 0.6 is 39.1 Å². The van der Waals surface area contributed by atoms with Crippen LogP contribution in [0.15, 0.2) is 29.0 Å². The summed E-state index contributed by atoms with van der Waals surface area (Å²) in [6, 6.07) is 5.23. The Kier molecular flexibility index (Phi) is 3.86. The Balaban J connectivity index is 2.35. The fourth-order valence-electron chi connectivity index (χ4n) is 1.18. The Morgan fingerprint density at radius 1 is 1.24 bits per heavy atom. The van der Waals surface area contributed by atoms with Crippen LogP contribution in [0, 0.1) is 6.92 Å². The number of halogens is 3. The van der Waals surface area contributed by atoms with Gasteiger partial charge >= 0.3 is 0 Å². The fourth-order valence-corrected chi connectivity index (χ4v) is 2.07. The monoisotopic (exact) mass is 332 g/mol. The Morgan fingerprint density at radius 3 is 2.71 bits per heavy atom. The van der Waals surface area contributed by atoms with E-state index in [1.807, 2.05) is 0 Å². The molecule has 0 amide bonds. The molecule has 0 fully saturated rings. The molecule has 1 aromatic carbocycles. The van der Waals surface area contributed by atoms with E-state index in [0.29, 0.717) is 27.4 Å². The molecule has 88 valence electrons. The van der Waals surface area contributed by atoms with Gasteiger partial charge in [-0.1, -0.05) is 23.2 Å². The van der Waals surface area contributed by atoms with Gasteiger partial charge in [0, 0.05) is 10.6 Å². The number of hydrogen-bond acceptors (Lipinski definition) is 3. The van der Waals surface area contributed by atoms with Crippen molar-refractivity contribution in [2.45, 2.75) is 6.92 Å². The normalized spacial score (nSPS) is 10.4. The molecule has 0 aliphatic rings. The molecule has 0 N–H and O–H groups in total. The molecule has 0 radical (unpaired) electrons. The summed E-state index contributed by atoms with van der Waals surface area (Å²) in [5, 5.41) is 1.00. The SMILES string of the molecule is Cc1c(Cl)ncnc1Oc1ccc(Cl)cc1Br. The van der Waals surface area contributed by atoms with Crippen LogP contribution in [0.25, 0.3) is 0 Å². The smallest absolute Gasteiger partial charge is 0.226 e. The van der Waals surface area contributed by atoms with Crippen molar-refractivity contribution < 1.29 is 4.74 Å². The Bertz CT molecular complexity index is 563. The molecule has 3 nitrogen and oxygen atoms in total. The number of nitrogens with zero attached hydrogens (tertiary/aromatic N) is 2. The third kappa shape index (κ3) is 2.89. The predicted molar refractivity (Wildman–Crippen MR) is 71.0 cm³/mol. The highest BCUT2D eigenvalue weighted by molar-refractivity contribution is 9.10. The second-order valence-electron chi connectivity index (χ2n) is 3.27. The Hall–Kier alpha value is -0.840. The quantitative estimate of drug-likeness (QED) is 0.750. The van der Waals surface area contributed by atoms with Crippen molar-refractivity contribution in [3.8, 4) is 11.6 Å². The van der Waals surface area contributed by atoms with Crippen molar-refractivity contribution >= 4 is 39.1 Å². The van der Waals surface area contributed by atoms with E-state index in [1.54, 1.807) is 25.1 Å². The minimum atomic E-state index is 0.375. The van der Waals surface area contributed by atoms with Gasteiger partial charge in [-0.3, -0.25) is 0 Å². The molecular weight excluding hydrogens is 327 g/mol. The molecule has 0 aliphatic carbocycles. The van der Waals surface area contributed by atoms with E-state index in [9.17, 15) is 0 Å². The van der Waals surface area contributed by atoms with Crippen molar-refractivity contribution in [1.82, 2.24) is 9.97 Å². The molecule has 2 aromatic rings. The maximum Gasteiger partial charge on any atom is 0.226 e. The first kappa shape index (κ1) is 12.6. The van der Waals surface area contributed by atoms with Crippen LogP contribution in [-0.4, -0.2) is 9.97 Å². The lowest BCUT2D eigenvalue weighted by atomic mass is 10.3.